The molecule has 2 atom stereocenters. The summed E-state index contributed by atoms with van der Waals surface area (Å²) in [5.74, 6) is 0. The maximum atomic E-state index is 3.77. The Morgan fingerprint density at radius 2 is 2.05 bits per heavy atom. The highest BCUT2D eigenvalue weighted by Crippen LogP contribution is 2.25. The van der Waals surface area contributed by atoms with Crippen LogP contribution in [0.2, 0.25) is 0 Å². The van der Waals surface area contributed by atoms with Crippen LogP contribution < -0.4 is 5.32 Å². The van der Waals surface area contributed by atoms with Gasteiger partial charge >= 0.3 is 0 Å². The van der Waals surface area contributed by atoms with Gasteiger partial charge in [0.1, 0.15) is 0 Å². The van der Waals surface area contributed by atoms with Gasteiger partial charge in [0.2, 0.25) is 0 Å². The van der Waals surface area contributed by atoms with Crippen LogP contribution in [0.5, 0.6) is 0 Å². The zero-order valence-electron chi connectivity index (χ0n) is 13.4. The fourth-order valence-corrected chi connectivity index (χ4v) is 3.25. The maximum Gasteiger partial charge on any atom is 0.0535 e. The summed E-state index contributed by atoms with van der Waals surface area (Å²) in [5, 5.41) is 3.77. The van der Waals surface area contributed by atoms with Gasteiger partial charge < -0.3 is 5.32 Å². The van der Waals surface area contributed by atoms with E-state index in [4.69, 9.17) is 0 Å². The van der Waals surface area contributed by atoms with Gasteiger partial charge in [0.05, 0.1) is 5.54 Å². The van der Waals surface area contributed by atoms with Gasteiger partial charge in [-0.1, -0.05) is 50.1 Å². The van der Waals surface area contributed by atoms with Gasteiger partial charge in [0, 0.05) is 12.6 Å². The van der Waals surface area contributed by atoms with Crippen molar-refractivity contribution < 1.29 is 0 Å². The summed E-state index contributed by atoms with van der Waals surface area (Å²) < 4.78 is 0. The third kappa shape index (κ3) is 3.83. The van der Waals surface area contributed by atoms with Crippen molar-refractivity contribution in [3.05, 3.63) is 35.9 Å². The molecule has 1 saturated heterocycles. The molecule has 0 amide bonds. The molecule has 1 heterocycles. The van der Waals surface area contributed by atoms with Gasteiger partial charge in [-0.05, 0) is 45.3 Å². The summed E-state index contributed by atoms with van der Waals surface area (Å²) in [7, 11) is 0. The summed E-state index contributed by atoms with van der Waals surface area (Å²) in [6, 6.07) is 11.6. The quantitative estimate of drug-likeness (QED) is 0.879. The van der Waals surface area contributed by atoms with Crippen LogP contribution in [0.25, 0.3) is 0 Å². The minimum atomic E-state index is 0.0816. The van der Waals surface area contributed by atoms with Gasteiger partial charge in [-0.15, -0.1) is 0 Å². The highest BCUT2D eigenvalue weighted by atomic mass is 15.2. The van der Waals surface area contributed by atoms with Crippen molar-refractivity contribution in [1.82, 2.24) is 10.2 Å². The topological polar surface area (TPSA) is 15.3 Å². The number of nitrogens with zero attached hydrogens (tertiary/aromatic N) is 1. The van der Waals surface area contributed by atoms with Crippen molar-refractivity contribution in [1.29, 1.82) is 0 Å². The highest BCUT2D eigenvalue weighted by Gasteiger charge is 2.32. The summed E-state index contributed by atoms with van der Waals surface area (Å²) >= 11 is 0. The van der Waals surface area contributed by atoms with E-state index >= 15 is 0 Å². The van der Waals surface area contributed by atoms with E-state index in [9.17, 15) is 0 Å². The zero-order chi connectivity index (χ0) is 14.4. The van der Waals surface area contributed by atoms with E-state index in [2.05, 4.69) is 61.3 Å². The van der Waals surface area contributed by atoms with Gasteiger partial charge in [0.25, 0.3) is 0 Å². The monoisotopic (exact) mass is 274 g/mol. The van der Waals surface area contributed by atoms with E-state index in [-0.39, 0.29) is 5.54 Å². The number of hydrogen-bond donors (Lipinski definition) is 1. The Balaban J connectivity index is 2.10. The molecule has 1 N–H and O–H groups in total. The summed E-state index contributed by atoms with van der Waals surface area (Å²) in [6.45, 7) is 10.5. The Labute approximate surface area is 124 Å². The molecule has 2 heteroatoms. The minimum Gasteiger partial charge on any atom is -0.307 e. The standard InChI is InChI=1S/C18H30N2/c1-4-5-10-16(2)20-14-9-13-19-18(3,15-20)17-11-7-6-8-12-17/h6-8,11-12,16,19H,4-5,9-10,13-15H2,1-3H3. The molecule has 0 aliphatic carbocycles. The predicted molar refractivity (Wildman–Crippen MR) is 87.0 cm³/mol. The van der Waals surface area contributed by atoms with E-state index in [0.717, 1.165) is 13.1 Å². The van der Waals surface area contributed by atoms with E-state index in [1.165, 1.54) is 37.8 Å². The number of hydrogen-bond acceptors (Lipinski definition) is 2. The van der Waals surface area contributed by atoms with E-state index in [0.29, 0.717) is 6.04 Å². The Bertz CT molecular complexity index is 390. The lowest BCUT2D eigenvalue weighted by Crippen LogP contribution is -2.48. The average molecular weight is 274 g/mol. The number of nitrogens with one attached hydrogen (secondary N) is 1. The first kappa shape index (κ1) is 15.5. The third-order valence-corrected chi connectivity index (χ3v) is 4.67. The van der Waals surface area contributed by atoms with E-state index in [1.807, 2.05) is 0 Å². The normalized spacial score (nSPS) is 26.1. The van der Waals surface area contributed by atoms with Crippen molar-refractivity contribution in [3.8, 4) is 0 Å². The largest absolute Gasteiger partial charge is 0.307 e. The molecule has 0 radical (unpaired) electrons. The predicted octanol–water partition coefficient (Wildman–Crippen LogP) is 3.78. The smallest absolute Gasteiger partial charge is 0.0535 e. The van der Waals surface area contributed by atoms with E-state index in [1.54, 1.807) is 0 Å². The lowest BCUT2D eigenvalue weighted by Gasteiger charge is -2.37. The van der Waals surface area contributed by atoms with Crippen molar-refractivity contribution >= 4 is 0 Å². The van der Waals surface area contributed by atoms with Crippen LogP contribution in [0, 0.1) is 0 Å². The fourth-order valence-electron chi connectivity index (χ4n) is 3.25. The van der Waals surface area contributed by atoms with Crippen LogP contribution in [0.3, 0.4) is 0 Å². The average Bonchev–Trinajstić information content (AvgIpc) is 2.69. The summed E-state index contributed by atoms with van der Waals surface area (Å²) in [6.07, 6.45) is 5.21. The van der Waals surface area contributed by atoms with Crippen LogP contribution in [0.4, 0.5) is 0 Å². The van der Waals surface area contributed by atoms with Crippen molar-refractivity contribution in [2.45, 2.75) is 58.0 Å². The Morgan fingerprint density at radius 1 is 1.30 bits per heavy atom. The third-order valence-electron chi connectivity index (χ3n) is 4.67. The van der Waals surface area contributed by atoms with Crippen LogP contribution in [0.15, 0.2) is 30.3 Å². The van der Waals surface area contributed by atoms with Crippen molar-refractivity contribution in [2.24, 2.45) is 0 Å². The SMILES string of the molecule is CCCCC(C)N1CCCNC(C)(c2ccccc2)C1. The van der Waals surface area contributed by atoms with Gasteiger partial charge in [-0.3, -0.25) is 4.90 Å². The molecular weight excluding hydrogens is 244 g/mol. The van der Waals surface area contributed by atoms with E-state index < -0.39 is 0 Å². The van der Waals surface area contributed by atoms with Crippen molar-refractivity contribution in [2.75, 3.05) is 19.6 Å². The number of benzene rings is 1. The van der Waals surface area contributed by atoms with Crippen molar-refractivity contribution in [3.63, 3.8) is 0 Å². The minimum absolute atomic E-state index is 0.0816. The molecule has 1 aromatic carbocycles. The second kappa shape index (κ2) is 7.24. The molecule has 0 saturated carbocycles. The molecule has 2 unspecified atom stereocenters. The molecule has 1 aromatic rings. The van der Waals surface area contributed by atoms with Gasteiger partial charge in [-0.2, -0.15) is 0 Å². The highest BCUT2D eigenvalue weighted by molar-refractivity contribution is 5.24. The first-order valence-corrected chi connectivity index (χ1v) is 8.20. The Hall–Kier alpha value is -0.860. The molecule has 0 spiro atoms. The molecule has 20 heavy (non-hydrogen) atoms. The molecule has 1 aliphatic rings. The second-order valence-electron chi connectivity index (χ2n) is 6.44. The van der Waals surface area contributed by atoms with Crippen LogP contribution in [-0.2, 0) is 5.54 Å². The molecule has 2 rings (SSSR count). The zero-order valence-corrected chi connectivity index (χ0v) is 13.4. The first-order chi connectivity index (χ1) is 9.65. The molecule has 0 bridgehead atoms. The molecule has 1 fully saturated rings. The Morgan fingerprint density at radius 3 is 2.75 bits per heavy atom. The lowest BCUT2D eigenvalue weighted by atomic mass is 9.91. The lowest BCUT2D eigenvalue weighted by molar-refractivity contribution is 0.163. The van der Waals surface area contributed by atoms with Crippen LogP contribution >= 0.6 is 0 Å². The maximum absolute atomic E-state index is 3.77. The summed E-state index contributed by atoms with van der Waals surface area (Å²) in [4.78, 5) is 2.68. The Kier molecular flexibility index (Phi) is 5.62. The van der Waals surface area contributed by atoms with Gasteiger partial charge in [-0.25, -0.2) is 0 Å². The molecule has 2 nitrogen and oxygen atoms in total. The number of unbranched alkanes of at least 4 members (excludes halogenated alkanes) is 1. The first-order valence-electron chi connectivity index (χ1n) is 8.20. The fraction of sp³-hybridized carbons (Fsp3) is 0.667. The molecule has 112 valence electrons. The molecule has 0 aromatic heterocycles. The van der Waals surface area contributed by atoms with Crippen LogP contribution in [-0.4, -0.2) is 30.6 Å². The molecule has 1 aliphatic heterocycles. The second-order valence-corrected chi connectivity index (χ2v) is 6.44. The number of rotatable bonds is 5. The molecular formula is C18H30N2. The van der Waals surface area contributed by atoms with Gasteiger partial charge in [0.15, 0.2) is 0 Å². The van der Waals surface area contributed by atoms with Crippen LogP contribution in [0.1, 0.15) is 52.0 Å². The summed E-state index contributed by atoms with van der Waals surface area (Å²) in [5.41, 5.74) is 1.49.